The van der Waals surface area contributed by atoms with Gasteiger partial charge in [0.25, 0.3) is 0 Å². The summed E-state index contributed by atoms with van der Waals surface area (Å²) in [4.78, 5) is 2.91. The first-order valence-corrected chi connectivity index (χ1v) is 8.86. The van der Waals surface area contributed by atoms with Crippen LogP contribution < -0.4 is 9.47 Å². The van der Waals surface area contributed by atoms with Crippen molar-refractivity contribution >= 4 is 11.3 Å². The maximum atomic E-state index is 5.22. The van der Waals surface area contributed by atoms with Gasteiger partial charge in [0, 0.05) is 9.75 Å². The number of aryl methyl sites for hydroxylation is 2. The molecule has 1 aliphatic rings. The van der Waals surface area contributed by atoms with Crippen molar-refractivity contribution in [3.05, 3.63) is 45.6 Å². The average Bonchev–Trinajstić information content (AvgIpc) is 3.17. The Morgan fingerprint density at radius 3 is 2.23 bits per heavy atom. The van der Waals surface area contributed by atoms with Gasteiger partial charge in [-0.05, 0) is 49.1 Å². The van der Waals surface area contributed by atoms with Crippen LogP contribution in [0, 0.1) is 6.92 Å². The van der Waals surface area contributed by atoms with Gasteiger partial charge in [0.1, 0.15) is 0 Å². The van der Waals surface area contributed by atoms with E-state index in [4.69, 9.17) is 9.47 Å². The Balaban J connectivity index is 0.000000202. The molecule has 0 amide bonds. The number of benzene rings is 1. The highest BCUT2D eigenvalue weighted by atomic mass is 32.1. The lowest BCUT2D eigenvalue weighted by atomic mass is 10.1. The lowest BCUT2D eigenvalue weighted by molar-refractivity contribution is 0.174. The zero-order valence-electron chi connectivity index (χ0n) is 14.6. The van der Waals surface area contributed by atoms with Crippen molar-refractivity contribution < 1.29 is 9.47 Å². The minimum Gasteiger partial charge on any atom is -0.454 e. The molecule has 0 N–H and O–H groups in total. The van der Waals surface area contributed by atoms with E-state index < -0.39 is 0 Å². The van der Waals surface area contributed by atoms with Crippen molar-refractivity contribution in [3.8, 4) is 11.5 Å². The quantitative estimate of drug-likeness (QED) is 0.657. The summed E-state index contributed by atoms with van der Waals surface area (Å²) in [5.74, 6) is 2.44. The van der Waals surface area contributed by atoms with Gasteiger partial charge in [-0.3, -0.25) is 0 Å². The van der Waals surface area contributed by atoms with Crippen LogP contribution in [0.4, 0.5) is 0 Å². The number of rotatable bonds is 2. The monoisotopic (exact) mass is 320 g/mol. The van der Waals surface area contributed by atoms with Gasteiger partial charge in [0.15, 0.2) is 11.5 Å². The fraction of sp³-hybridized carbons (Fsp3) is 0.474. The molecule has 2 heterocycles. The van der Waals surface area contributed by atoms with Gasteiger partial charge in [-0.25, -0.2) is 0 Å². The zero-order valence-corrected chi connectivity index (χ0v) is 15.4. The van der Waals surface area contributed by atoms with Crippen LogP contribution in [0.2, 0.25) is 0 Å². The summed E-state index contributed by atoms with van der Waals surface area (Å²) >= 11 is 1.90. The van der Waals surface area contributed by atoms with E-state index in [0.29, 0.717) is 12.7 Å². The molecule has 0 unspecified atom stereocenters. The second-order valence-electron chi connectivity index (χ2n) is 5.14. The van der Waals surface area contributed by atoms with Crippen molar-refractivity contribution in [2.75, 3.05) is 6.79 Å². The zero-order chi connectivity index (χ0) is 16.5. The van der Waals surface area contributed by atoms with Crippen LogP contribution in [-0.2, 0) is 6.42 Å². The largest absolute Gasteiger partial charge is 0.454 e. The molecule has 1 aromatic carbocycles. The Labute approximate surface area is 139 Å². The molecule has 0 fully saturated rings. The molecule has 0 saturated carbocycles. The first kappa shape index (κ1) is 18.6. The van der Waals surface area contributed by atoms with Crippen molar-refractivity contribution in [2.45, 2.75) is 53.9 Å². The van der Waals surface area contributed by atoms with Crippen molar-refractivity contribution in [1.29, 1.82) is 0 Å². The molecule has 22 heavy (non-hydrogen) atoms. The van der Waals surface area contributed by atoms with Crippen LogP contribution in [-0.4, -0.2) is 6.79 Å². The topological polar surface area (TPSA) is 18.5 Å². The average molecular weight is 320 g/mol. The minimum atomic E-state index is 0.364. The molecular formula is C19H28O2S. The summed E-state index contributed by atoms with van der Waals surface area (Å²) in [7, 11) is 0. The van der Waals surface area contributed by atoms with Gasteiger partial charge in [-0.15, -0.1) is 11.3 Å². The second-order valence-corrected chi connectivity index (χ2v) is 6.46. The van der Waals surface area contributed by atoms with E-state index in [1.165, 1.54) is 15.3 Å². The smallest absolute Gasteiger partial charge is 0.231 e. The van der Waals surface area contributed by atoms with E-state index >= 15 is 0 Å². The Morgan fingerprint density at radius 2 is 1.73 bits per heavy atom. The van der Waals surface area contributed by atoms with Gasteiger partial charge in [0.05, 0.1) is 0 Å². The van der Waals surface area contributed by atoms with Crippen LogP contribution in [0.25, 0.3) is 0 Å². The molecule has 122 valence electrons. The fourth-order valence-corrected chi connectivity index (χ4v) is 2.80. The molecule has 0 aliphatic carbocycles. The summed E-state index contributed by atoms with van der Waals surface area (Å²) in [5, 5.41) is 0. The van der Waals surface area contributed by atoms with E-state index in [1.807, 2.05) is 37.3 Å². The lowest BCUT2D eigenvalue weighted by Crippen LogP contribution is -1.92. The molecule has 3 heteroatoms. The number of hydrogen-bond donors (Lipinski definition) is 0. The van der Waals surface area contributed by atoms with Crippen molar-refractivity contribution in [1.82, 2.24) is 0 Å². The minimum absolute atomic E-state index is 0.364. The first-order valence-electron chi connectivity index (χ1n) is 8.05. The number of fused-ring (bicyclic) bond motifs is 1. The highest BCUT2D eigenvalue weighted by Crippen LogP contribution is 2.32. The Hall–Kier alpha value is -1.48. The first-order chi connectivity index (χ1) is 10.6. The van der Waals surface area contributed by atoms with Gasteiger partial charge >= 0.3 is 0 Å². The fourth-order valence-electron chi connectivity index (χ4n) is 1.92. The van der Waals surface area contributed by atoms with Gasteiger partial charge in [-0.2, -0.15) is 0 Å². The van der Waals surface area contributed by atoms with E-state index in [0.717, 1.165) is 17.9 Å². The highest BCUT2D eigenvalue weighted by Gasteiger charge is 2.11. The van der Waals surface area contributed by atoms with E-state index in [2.05, 4.69) is 45.9 Å². The summed E-state index contributed by atoms with van der Waals surface area (Å²) in [6.07, 6.45) is 1.04. The molecule has 0 atom stereocenters. The summed E-state index contributed by atoms with van der Waals surface area (Å²) in [5.41, 5.74) is 1.29. The Morgan fingerprint density at radius 1 is 1.05 bits per heavy atom. The highest BCUT2D eigenvalue weighted by molar-refractivity contribution is 7.12. The molecule has 1 aliphatic heterocycles. The maximum absolute atomic E-state index is 5.22. The van der Waals surface area contributed by atoms with Crippen LogP contribution in [0.15, 0.2) is 30.3 Å². The number of ether oxygens (including phenoxy) is 2. The van der Waals surface area contributed by atoms with E-state index in [9.17, 15) is 0 Å². The second kappa shape index (κ2) is 9.52. The number of hydrogen-bond acceptors (Lipinski definition) is 3. The van der Waals surface area contributed by atoms with Crippen molar-refractivity contribution in [2.24, 2.45) is 0 Å². The van der Waals surface area contributed by atoms with Crippen LogP contribution in [0.1, 0.15) is 55.9 Å². The predicted octanol–water partition coefficient (Wildman–Crippen LogP) is 6.18. The standard InChI is InChI=1S/C9H10O2.C8H12S.C2H6/c1-2-7-3-4-8-9(5-7)11-6-10-8;1-6(2)8-5-4-7(3)9-8;1-2/h3-5H,2,6H2,1H3;4-6H,1-3H3;1-2H3. The third-order valence-corrected chi connectivity index (χ3v) is 4.48. The molecule has 0 saturated heterocycles. The van der Waals surface area contributed by atoms with Crippen LogP contribution in [0.3, 0.4) is 0 Å². The van der Waals surface area contributed by atoms with Gasteiger partial charge in [0.2, 0.25) is 6.79 Å². The molecule has 2 aromatic rings. The molecule has 0 spiro atoms. The Bertz CT molecular complexity index is 558. The normalized spacial score (nSPS) is 11.4. The molecule has 2 nitrogen and oxygen atoms in total. The summed E-state index contributed by atoms with van der Waals surface area (Å²) < 4.78 is 10.4. The predicted molar refractivity (Wildman–Crippen MR) is 96.4 cm³/mol. The molecular weight excluding hydrogens is 292 g/mol. The lowest BCUT2D eigenvalue weighted by Gasteiger charge is -1.97. The number of thiophene rings is 1. The third-order valence-electron chi connectivity index (χ3n) is 3.18. The van der Waals surface area contributed by atoms with E-state index in [1.54, 1.807) is 0 Å². The summed E-state index contributed by atoms with van der Waals surface area (Å²) in [6.45, 7) is 13.1. The molecule has 0 radical (unpaired) electrons. The molecule has 3 rings (SSSR count). The maximum Gasteiger partial charge on any atom is 0.231 e. The van der Waals surface area contributed by atoms with Crippen molar-refractivity contribution in [3.63, 3.8) is 0 Å². The molecule has 1 aromatic heterocycles. The SMILES string of the molecule is CC.CCc1ccc2c(c1)OCO2.Cc1ccc(C(C)C)s1. The van der Waals surface area contributed by atoms with E-state index in [-0.39, 0.29) is 0 Å². The van der Waals surface area contributed by atoms with Crippen LogP contribution >= 0.6 is 11.3 Å². The van der Waals surface area contributed by atoms with Crippen LogP contribution in [0.5, 0.6) is 11.5 Å². The Kier molecular flexibility index (Phi) is 8.03. The van der Waals surface area contributed by atoms with Gasteiger partial charge < -0.3 is 9.47 Å². The third kappa shape index (κ3) is 5.38. The summed E-state index contributed by atoms with van der Waals surface area (Å²) in [6, 6.07) is 10.4. The van der Waals surface area contributed by atoms with Gasteiger partial charge in [-0.1, -0.05) is 40.7 Å². The molecule has 0 bridgehead atoms.